The SMILES string of the molecule is CCOC(=O)c1cnn(-c2ccc(NC(=O)N3CCC[C@H](c4nncn4C)C3)cc2)c1C. The van der Waals surface area contributed by atoms with Gasteiger partial charge in [0.1, 0.15) is 17.7 Å². The molecule has 0 saturated carbocycles. The number of nitrogens with zero attached hydrogens (tertiary/aromatic N) is 6. The molecule has 10 heteroatoms. The second-order valence-electron chi connectivity index (χ2n) is 7.84. The minimum absolute atomic E-state index is 0.135. The van der Waals surface area contributed by atoms with Gasteiger partial charge in [-0.05, 0) is 51.0 Å². The fraction of sp³-hybridized carbons (Fsp3) is 0.409. The summed E-state index contributed by atoms with van der Waals surface area (Å²) in [6, 6.07) is 7.21. The lowest BCUT2D eigenvalue weighted by Crippen LogP contribution is -2.42. The van der Waals surface area contributed by atoms with Crippen molar-refractivity contribution in [2.45, 2.75) is 32.6 Å². The summed E-state index contributed by atoms with van der Waals surface area (Å²) in [5.74, 6) is 0.700. The van der Waals surface area contributed by atoms with Crippen LogP contribution >= 0.6 is 0 Å². The second kappa shape index (κ2) is 9.21. The molecule has 1 aliphatic rings. The maximum absolute atomic E-state index is 12.8. The topological polar surface area (TPSA) is 107 Å². The molecule has 1 atom stereocenters. The number of urea groups is 1. The average molecular weight is 438 g/mol. The first kappa shape index (κ1) is 21.5. The molecule has 1 aliphatic heterocycles. The highest BCUT2D eigenvalue weighted by Crippen LogP contribution is 2.26. The number of benzene rings is 1. The van der Waals surface area contributed by atoms with Gasteiger partial charge in [-0.3, -0.25) is 0 Å². The summed E-state index contributed by atoms with van der Waals surface area (Å²) in [4.78, 5) is 26.7. The van der Waals surface area contributed by atoms with E-state index in [4.69, 9.17) is 4.74 Å². The van der Waals surface area contributed by atoms with Crippen molar-refractivity contribution in [3.8, 4) is 5.69 Å². The van der Waals surface area contributed by atoms with Crippen molar-refractivity contribution >= 4 is 17.7 Å². The van der Waals surface area contributed by atoms with Crippen molar-refractivity contribution in [2.24, 2.45) is 7.05 Å². The molecular formula is C22H27N7O3. The van der Waals surface area contributed by atoms with Crippen LogP contribution in [-0.2, 0) is 11.8 Å². The van der Waals surface area contributed by atoms with Gasteiger partial charge in [-0.25, -0.2) is 14.3 Å². The second-order valence-corrected chi connectivity index (χ2v) is 7.84. The molecule has 1 fully saturated rings. The van der Waals surface area contributed by atoms with Crippen molar-refractivity contribution < 1.29 is 14.3 Å². The summed E-state index contributed by atoms with van der Waals surface area (Å²) in [6.07, 6.45) is 5.10. The number of hydrogen-bond donors (Lipinski definition) is 1. The van der Waals surface area contributed by atoms with Gasteiger partial charge in [0, 0.05) is 31.7 Å². The first-order valence-electron chi connectivity index (χ1n) is 10.7. The van der Waals surface area contributed by atoms with E-state index in [1.807, 2.05) is 47.7 Å². The number of rotatable bonds is 5. The average Bonchev–Trinajstić information content (AvgIpc) is 3.40. The van der Waals surface area contributed by atoms with Gasteiger partial charge in [0.15, 0.2) is 0 Å². The Bertz CT molecular complexity index is 1100. The third-order valence-corrected chi connectivity index (χ3v) is 5.69. The molecule has 0 radical (unpaired) electrons. The number of ether oxygens (including phenoxy) is 1. The molecule has 0 aliphatic carbocycles. The number of aryl methyl sites for hydroxylation is 1. The number of anilines is 1. The molecule has 4 rings (SSSR count). The van der Waals surface area contributed by atoms with Crippen LogP contribution in [0.2, 0.25) is 0 Å². The van der Waals surface area contributed by atoms with E-state index in [0.717, 1.165) is 24.4 Å². The molecule has 2 amide bonds. The van der Waals surface area contributed by atoms with E-state index in [1.165, 1.54) is 6.20 Å². The van der Waals surface area contributed by atoms with Crippen LogP contribution in [0.25, 0.3) is 5.69 Å². The van der Waals surface area contributed by atoms with Crippen LogP contribution in [0.3, 0.4) is 0 Å². The number of esters is 1. The van der Waals surface area contributed by atoms with E-state index < -0.39 is 0 Å². The molecule has 32 heavy (non-hydrogen) atoms. The van der Waals surface area contributed by atoms with Gasteiger partial charge in [-0.2, -0.15) is 5.10 Å². The van der Waals surface area contributed by atoms with Gasteiger partial charge in [0.25, 0.3) is 0 Å². The highest BCUT2D eigenvalue weighted by Gasteiger charge is 2.27. The number of carbonyl (C=O) groups is 2. The highest BCUT2D eigenvalue weighted by molar-refractivity contribution is 5.91. The minimum Gasteiger partial charge on any atom is -0.462 e. The van der Waals surface area contributed by atoms with Gasteiger partial charge < -0.3 is 19.5 Å². The first-order chi connectivity index (χ1) is 15.5. The van der Waals surface area contributed by atoms with E-state index in [2.05, 4.69) is 20.6 Å². The van der Waals surface area contributed by atoms with Crippen molar-refractivity contribution in [3.05, 3.63) is 53.9 Å². The molecule has 2 aromatic heterocycles. The van der Waals surface area contributed by atoms with Crippen molar-refractivity contribution in [1.29, 1.82) is 0 Å². The summed E-state index contributed by atoms with van der Waals surface area (Å²) in [5.41, 5.74) is 2.61. The Kier molecular flexibility index (Phi) is 6.20. The number of nitrogens with one attached hydrogen (secondary N) is 1. The summed E-state index contributed by atoms with van der Waals surface area (Å²) >= 11 is 0. The van der Waals surface area contributed by atoms with E-state index in [1.54, 1.807) is 17.9 Å². The zero-order valence-electron chi connectivity index (χ0n) is 18.5. The highest BCUT2D eigenvalue weighted by atomic mass is 16.5. The van der Waals surface area contributed by atoms with Crippen LogP contribution in [-0.4, -0.2) is 61.1 Å². The van der Waals surface area contributed by atoms with Crippen LogP contribution in [0.15, 0.2) is 36.8 Å². The van der Waals surface area contributed by atoms with Gasteiger partial charge in [-0.1, -0.05) is 0 Å². The third-order valence-electron chi connectivity index (χ3n) is 5.69. The maximum atomic E-state index is 12.8. The number of hydrogen-bond acceptors (Lipinski definition) is 6. The molecule has 1 N–H and O–H groups in total. The summed E-state index contributed by atoms with van der Waals surface area (Å²) in [6.45, 7) is 5.22. The smallest absolute Gasteiger partial charge is 0.341 e. The van der Waals surface area contributed by atoms with E-state index in [0.29, 0.717) is 36.6 Å². The van der Waals surface area contributed by atoms with Gasteiger partial charge in [-0.15, -0.1) is 10.2 Å². The number of aromatic nitrogens is 5. The fourth-order valence-corrected chi connectivity index (χ4v) is 4.00. The predicted molar refractivity (Wildman–Crippen MR) is 118 cm³/mol. The molecule has 1 aromatic carbocycles. The molecule has 3 aromatic rings. The lowest BCUT2D eigenvalue weighted by atomic mass is 9.97. The summed E-state index contributed by atoms with van der Waals surface area (Å²) < 4.78 is 8.65. The van der Waals surface area contributed by atoms with Gasteiger partial charge in [0.2, 0.25) is 0 Å². The first-order valence-corrected chi connectivity index (χ1v) is 10.7. The molecule has 0 unspecified atom stereocenters. The third kappa shape index (κ3) is 4.34. The summed E-state index contributed by atoms with van der Waals surface area (Å²) in [7, 11) is 1.92. The monoisotopic (exact) mass is 437 g/mol. The Morgan fingerprint density at radius 2 is 2.03 bits per heavy atom. The number of piperidine rings is 1. The van der Waals surface area contributed by atoms with E-state index in [-0.39, 0.29) is 17.9 Å². The fourth-order valence-electron chi connectivity index (χ4n) is 4.00. The van der Waals surface area contributed by atoms with Gasteiger partial charge >= 0.3 is 12.0 Å². The van der Waals surface area contributed by atoms with E-state index in [9.17, 15) is 9.59 Å². The molecule has 10 nitrogen and oxygen atoms in total. The Balaban J connectivity index is 1.41. The zero-order valence-corrected chi connectivity index (χ0v) is 18.5. The van der Waals surface area contributed by atoms with Crippen molar-refractivity contribution in [1.82, 2.24) is 29.4 Å². The number of carbonyl (C=O) groups excluding carboxylic acids is 2. The van der Waals surface area contributed by atoms with Crippen molar-refractivity contribution in [3.63, 3.8) is 0 Å². The largest absolute Gasteiger partial charge is 0.462 e. The maximum Gasteiger partial charge on any atom is 0.341 e. The zero-order chi connectivity index (χ0) is 22.7. The Morgan fingerprint density at radius 1 is 1.25 bits per heavy atom. The van der Waals surface area contributed by atoms with Crippen LogP contribution in [0, 0.1) is 6.92 Å². The van der Waals surface area contributed by atoms with Crippen LogP contribution in [0.5, 0.6) is 0 Å². The Morgan fingerprint density at radius 3 is 2.72 bits per heavy atom. The quantitative estimate of drug-likeness (QED) is 0.615. The molecule has 0 spiro atoms. The molecule has 3 heterocycles. The normalized spacial score (nSPS) is 16.1. The predicted octanol–water partition coefficient (Wildman–Crippen LogP) is 2.90. The number of likely N-dealkylation sites (tertiary alicyclic amines) is 1. The Labute approximate surface area is 186 Å². The van der Waals surface area contributed by atoms with Gasteiger partial charge in [0.05, 0.1) is 24.2 Å². The molecule has 1 saturated heterocycles. The van der Waals surface area contributed by atoms with Crippen LogP contribution in [0.4, 0.5) is 10.5 Å². The lowest BCUT2D eigenvalue weighted by Gasteiger charge is -2.32. The van der Waals surface area contributed by atoms with E-state index >= 15 is 0 Å². The van der Waals surface area contributed by atoms with Crippen LogP contribution in [0.1, 0.15) is 47.6 Å². The molecule has 168 valence electrons. The number of amides is 2. The standard InChI is InChI=1S/C22H27N7O3/c1-4-32-21(30)19-12-24-29(15(19)2)18-9-7-17(8-10-18)25-22(31)28-11-5-6-16(13-28)20-26-23-14-27(20)3/h7-10,12,14,16H,4-6,11,13H2,1-3H3,(H,25,31)/t16-/m0/s1. The lowest BCUT2D eigenvalue weighted by molar-refractivity contribution is 0.0525. The summed E-state index contributed by atoms with van der Waals surface area (Å²) in [5, 5.41) is 15.4. The molecule has 0 bridgehead atoms. The minimum atomic E-state index is -0.388. The molecular weight excluding hydrogens is 410 g/mol. The Hall–Kier alpha value is -3.69. The van der Waals surface area contributed by atoms with Crippen molar-refractivity contribution in [2.75, 3.05) is 25.0 Å². The van der Waals surface area contributed by atoms with Crippen LogP contribution < -0.4 is 5.32 Å².